The van der Waals surface area contributed by atoms with Crippen LogP contribution in [0.1, 0.15) is 6.42 Å². The highest BCUT2D eigenvalue weighted by molar-refractivity contribution is 6.02. The van der Waals surface area contributed by atoms with E-state index in [9.17, 15) is 10.1 Å². The van der Waals surface area contributed by atoms with Gasteiger partial charge in [0.15, 0.2) is 0 Å². The van der Waals surface area contributed by atoms with Crippen LogP contribution in [0.3, 0.4) is 0 Å². The van der Waals surface area contributed by atoms with Gasteiger partial charge in [-0.05, 0) is 44.3 Å². The van der Waals surface area contributed by atoms with Gasteiger partial charge in [-0.3, -0.25) is 10.1 Å². The van der Waals surface area contributed by atoms with Crippen LogP contribution in [0.2, 0.25) is 0 Å². The van der Waals surface area contributed by atoms with E-state index in [2.05, 4.69) is 15.6 Å². The maximum atomic E-state index is 11.2. The Balaban J connectivity index is 2.08. The number of nitro groups is 1. The maximum absolute atomic E-state index is 11.2. The molecular weight excluding hydrogens is 292 g/mol. The highest BCUT2D eigenvalue weighted by Crippen LogP contribution is 2.30. The van der Waals surface area contributed by atoms with Crippen molar-refractivity contribution in [3.05, 3.63) is 52.6 Å². The molecule has 0 saturated carbocycles. The molecule has 2 aromatic carbocycles. The summed E-state index contributed by atoms with van der Waals surface area (Å²) in [6.45, 7) is 1.76. The van der Waals surface area contributed by atoms with Gasteiger partial charge in [0.25, 0.3) is 5.69 Å². The first-order chi connectivity index (χ1) is 11.2. The van der Waals surface area contributed by atoms with E-state index in [1.807, 2.05) is 31.3 Å². The summed E-state index contributed by atoms with van der Waals surface area (Å²) in [7, 11) is 1.92. The van der Waals surface area contributed by atoms with Gasteiger partial charge in [0.05, 0.1) is 21.3 Å². The Morgan fingerprint density at radius 1 is 1.09 bits per heavy atom. The first-order valence-electron chi connectivity index (χ1n) is 7.56. The second-order valence-corrected chi connectivity index (χ2v) is 5.35. The van der Waals surface area contributed by atoms with Gasteiger partial charge in [-0.2, -0.15) is 0 Å². The minimum Gasteiger partial charge on any atom is -0.384 e. The Labute approximate surface area is 133 Å². The van der Waals surface area contributed by atoms with Crippen molar-refractivity contribution in [2.75, 3.05) is 25.5 Å². The van der Waals surface area contributed by atoms with Crippen LogP contribution in [0.25, 0.3) is 21.8 Å². The first-order valence-corrected chi connectivity index (χ1v) is 7.56. The Morgan fingerprint density at radius 3 is 2.57 bits per heavy atom. The van der Waals surface area contributed by atoms with Crippen LogP contribution in [0, 0.1) is 10.1 Å². The monoisotopic (exact) mass is 310 g/mol. The Hall–Kier alpha value is -2.73. The zero-order valence-corrected chi connectivity index (χ0v) is 12.9. The van der Waals surface area contributed by atoms with Gasteiger partial charge < -0.3 is 10.6 Å². The predicted octanol–water partition coefficient (Wildman–Crippen LogP) is 3.32. The number of nitro benzene ring substituents is 1. The van der Waals surface area contributed by atoms with Crippen LogP contribution >= 0.6 is 0 Å². The smallest absolute Gasteiger partial charge is 0.278 e. The summed E-state index contributed by atoms with van der Waals surface area (Å²) in [5.74, 6) is 0. The van der Waals surface area contributed by atoms with Gasteiger partial charge in [0, 0.05) is 23.7 Å². The van der Waals surface area contributed by atoms with Crippen molar-refractivity contribution in [2.45, 2.75) is 6.42 Å². The van der Waals surface area contributed by atoms with Crippen LogP contribution in [-0.2, 0) is 0 Å². The molecule has 0 saturated heterocycles. The summed E-state index contributed by atoms with van der Waals surface area (Å²) in [5, 5.41) is 19.2. The number of non-ortho nitro benzene ring substituents is 1. The normalized spacial score (nSPS) is 11.0. The molecule has 23 heavy (non-hydrogen) atoms. The third kappa shape index (κ3) is 3.07. The van der Waals surface area contributed by atoms with Crippen molar-refractivity contribution >= 4 is 33.2 Å². The van der Waals surface area contributed by atoms with Crippen molar-refractivity contribution in [1.82, 2.24) is 10.3 Å². The second-order valence-electron chi connectivity index (χ2n) is 5.35. The molecular formula is C17H18N4O2. The highest BCUT2D eigenvalue weighted by Gasteiger charge is 2.13. The zero-order valence-electron chi connectivity index (χ0n) is 12.9. The SMILES string of the molecule is CNCCCNc1cccc2nc3cccc([N+](=O)[O-])c3cc12. The molecule has 0 fully saturated rings. The van der Waals surface area contributed by atoms with Crippen molar-refractivity contribution in [1.29, 1.82) is 0 Å². The van der Waals surface area contributed by atoms with Crippen molar-refractivity contribution in [2.24, 2.45) is 0 Å². The largest absolute Gasteiger partial charge is 0.384 e. The fourth-order valence-corrected chi connectivity index (χ4v) is 2.66. The van der Waals surface area contributed by atoms with E-state index >= 15 is 0 Å². The van der Waals surface area contributed by atoms with Crippen LogP contribution in [-0.4, -0.2) is 30.0 Å². The molecule has 0 atom stereocenters. The number of pyridine rings is 1. The van der Waals surface area contributed by atoms with Gasteiger partial charge >= 0.3 is 0 Å². The Kier molecular flexibility index (Phi) is 4.34. The molecule has 0 bridgehead atoms. The number of benzene rings is 2. The van der Waals surface area contributed by atoms with E-state index in [0.29, 0.717) is 10.9 Å². The van der Waals surface area contributed by atoms with E-state index in [1.165, 1.54) is 6.07 Å². The van der Waals surface area contributed by atoms with E-state index in [0.717, 1.165) is 36.1 Å². The minimum absolute atomic E-state index is 0.0851. The topological polar surface area (TPSA) is 80.1 Å². The molecule has 0 aliphatic rings. The molecule has 1 heterocycles. The van der Waals surface area contributed by atoms with Crippen LogP contribution in [0.5, 0.6) is 0 Å². The average Bonchev–Trinajstić information content (AvgIpc) is 2.56. The van der Waals surface area contributed by atoms with E-state index in [4.69, 9.17) is 0 Å². The minimum atomic E-state index is -0.362. The van der Waals surface area contributed by atoms with Crippen LogP contribution in [0.15, 0.2) is 42.5 Å². The van der Waals surface area contributed by atoms with E-state index in [-0.39, 0.29) is 10.6 Å². The van der Waals surface area contributed by atoms with Gasteiger partial charge in [0.1, 0.15) is 0 Å². The lowest BCUT2D eigenvalue weighted by molar-refractivity contribution is -0.383. The lowest BCUT2D eigenvalue weighted by atomic mass is 10.1. The van der Waals surface area contributed by atoms with E-state index < -0.39 is 0 Å². The molecule has 0 spiro atoms. The summed E-state index contributed by atoms with van der Waals surface area (Å²) >= 11 is 0. The van der Waals surface area contributed by atoms with Crippen LogP contribution in [0.4, 0.5) is 11.4 Å². The predicted molar refractivity (Wildman–Crippen MR) is 92.9 cm³/mol. The standard InChI is InChI=1S/C17H18N4O2/c1-18-9-4-10-19-14-5-2-6-15-12(14)11-13-16(20-15)7-3-8-17(13)21(22)23/h2-3,5-8,11,18-19H,4,9-10H2,1H3. The molecule has 0 amide bonds. The summed E-state index contributed by atoms with van der Waals surface area (Å²) in [6, 6.07) is 12.7. The second kappa shape index (κ2) is 6.58. The van der Waals surface area contributed by atoms with Crippen molar-refractivity contribution in [3.8, 4) is 0 Å². The highest BCUT2D eigenvalue weighted by atomic mass is 16.6. The van der Waals surface area contributed by atoms with Crippen molar-refractivity contribution < 1.29 is 4.92 Å². The molecule has 3 aromatic rings. The van der Waals surface area contributed by atoms with Gasteiger partial charge in [-0.1, -0.05) is 12.1 Å². The molecule has 6 heteroatoms. The third-order valence-corrected chi connectivity index (χ3v) is 3.79. The number of hydrogen-bond donors (Lipinski definition) is 2. The Bertz CT molecular complexity index is 864. The molecule has 0 radical (unpaired) electrons. The summed E-state index contributed by atoms with van der Waals surface area (Å²) < 4.78 is 0. The van der Waals surface area contributed by atoms with Crippen molar-refractivity contribution in [3.63, 3.8) is 0 Å². The molecule has 118 valence electrons. The van der Waals surface area contributed by atoms with Gasteiger partial charge in [-0.25, -0.2) is 4.98 Å². The van der Waals surface area contributed by atoms with E-state index in [1.54, 1.807) is 12.1 Å². The molecule has 3 rings (SSSR count). The summed E-state index contributed by atoms with van der Waals surface area (Å²) in [4.78, 5) is 15.4. The molecule has 1 aromatic heterocycles. The number of anilines is 1. The fourth-order valence-electron chi connectivity index (χ4n) is 2.66. The van der Waals surface area contributed by atoms with Gasteiger partial charge in [0.2, 0.25) is 0 Å². The first kappa shape index (κ1) is 15.2. The van der Waals surface area contributed by atoms with Gasteiger partial charge in [-0.15, -0.1) is 0 Å². The fraction of sp³-hybridized carbons (Fsp3) is 0.235. The lowest BCUT2D eigenvalue weighted by Crippen LogP contribution is -2.13. The number of nitrogens with one attached hydrogen (secondary N) is 2. The molecule has 0 unspecified atom stereocenters. The number of hydrogen-bond acceptors (Lipinski definition) is 5. The lowest BCUT2D eigenvalue weighted by Gasteiger charge is -2.10. The number of fused-ring (bicyclic) bond motifs is 2. The maximum Gasteiger partial charge on any atom is 0.278 e. The summed E-state index contributed by atoms with van der Waals surface area (Å²) in [6.07, 6.45) is 0.994. The number of aromatic nitrogens is 1. The average molecular weight is 310 g/mol. The Morgan fingerprint density at radius 2 is 1.83 bits per heavy atom. The molecule has 6 nitrogen and oxygen atoms in total. The number of rotatable bonds is 6. The molecule has 2 N–H and O–H groups in total. The quantitative estimate of drug-likeness (QED) is 0.316. The molecule has 0 aliphatic heterocycles. The van der Waals surface area contributed by atoms with Crippen LogP contribution < -0.4 is 10.6 Å². The molecule has 0 aliphatic carbocycles. The summed E-state index contributed by atoms with van der Waals surface area (Å²) in [5.41, 5.74) is 2.50. The third-order valence-electron chi connectivity index (χ3n) is 3.79. The zero-order chi connectivity index (χ0) is 16.2. The number of nitrogens with zero attached hydrogens (tertiary/aromatic N) is 2.